The first-order chi connectivity index (χ1) is 11.4. The van der Waals surface area contributed by atoms with Crippen molar-refractivity contribution >= 4 is 11.8 Å². The Labute approximate surface area is 145 Å². The number of rotatable bonds is 4. The van der Waals surface area contributed by atoms with Crippen molar-refractivity contribution in [2.24, 2.45) is 0 Å². The molecule has 0 N–H and O–H groups in total. The van der Waals surface area contributed by atoms with E-state index in [2.05, 4.69) is 4.98 Å². The average Bonchev–Trinajstić information content (AvgIpc) is 2.57. The predicted octanol–water partition coefficient (Wildman–Crippen LogP) is 6.14. The summed E-state index contributed by atoms with van der Waals surface area (Å²) in [6, 6.07) is 13.6. The van der Waals surface area contributed by atoms with Gasteiger partial charge in [-0.3, -0.25) is 4.98 Å². The lowest BCUT2D eigenvalue weighted by molar-refractivity contribution is 0.254. The largest absolute Gasteiger partial charge is 0.260 e. The van der Waals surface area contributed by atoms with Gasteiger partial charge in [-0.05, 0) is 50.3 Å². The lowest BCUT2D eigenvalue weighted by Gasteiger charge is -2.26. The van der Waals surface area contributed by atoms with Crippen LogP contribution in [0.4, 0.5) is 8.78 Å². The normalized spacial score (nSPS) is 21.8. The molecule has 2 aromatic rings. The fraction of sp³-hybridized carbons (Fsp3) is 0.250. The maximum atomic E-state index is 14.5. The zero-order chi connectivity index (χ0) is 17.2. The minimum Gasteiger partial charge on any atom is -0.260 e. The molecule has 0 bridgehead atoms. The van der Waals surface area contributed by atoms with E-state index >= 15 is 0 Å². The molecule has 1 aliphatic carbocycles. The van der Waals surface area contributed by atoms with Gasteiger partial charge in [0.15, 0.2) is 0 Å². The summed E-state index contributed by atoms with van der Waals surface area (Å²) in [6.45, 7) is 3.49. The minimum absolute atomic E-state index is 0.0620. The Hall–Kier alpha value is -1.94. The van der Waals surface area contributed by atoms with Gasteiger partial charge in [0, 0.05) is 23.1 Å². The molecule has 0 radical (unpaired) electrons. The fourth-order valence-corrected chi connectivity index (χ4v) is 3.76. The van der Waals surface area contributed by atoms with E-state index in [-0.39, 0.29) is 17.5 Å². The summed E-state index contributed by atoms with van der Waals surface area (Å²) in [4.78, 5) is 5.37. The van der Waals surface area contributed by atoms with Gasteiger partial charge >= 0.3 is 0 Å². The number of hydrogen-bond donors (Lipinski definition) is 0. The second-order valence-electron chi connectivity index (χ2n) is 6.20. The predicted molar refractivity (Wildman–Crippen MR) is 95.4 cm³/mol. The van der Waals surface area contributed by atoms with Crippen LogP contribution in [0.2, 0.25) is 0 Å². The average molecular weight is 343 g/mol. The van der Waals surface area contributed by atoms with Crippen LogP contribution in [0, 0.1) is 6.92 Å². The van der Waals surface area contributed by atoms with Crippen LogP contribution in [0.15, 0.2) is 77.1 Å². The highest BCUT2D eigenvalue weighted by Crippen LogP contribution is 2.46. The quantitative estimate of drug-likeness (QED) is 0.619. The maximum Gasteiger partial charge on any atom is 0.130 e. The summed E-state index contributed by atoms with van der Waals surface area (Å²) < 4.78 is 28.9. The van der Waals surface area contributed by atoms with Crippen molar-refractivity contribution in [3.8, 4) is 0 Å². The van der Waals surface area contributed by atoms with E-state index in [9.17, 15) is 8.78 Å². The zero-order valence-electron chi connectivity index (χ0n) is 13.7. The topological polar surface area (TPSA) is 12.9 Å². The van der Waals surface area contributed by atoms with E-state index in [1.165, 1.54) is 30.8 Å². The molecule has 1 aromatic heterocycles. The lowest BCUT2D eigenvalue weighted by atomic mass is 9.91. The smallest absolute Gasteiger partial charge is 0.130 e. The number of pyridine rings is 1. The van der Waals surface area contributed by atoms with Crippen molar-refractivity contribution in [1.82, 2.24) is 4.98 Å². The number of hydrogen-bond acceptors (Lipinski definition) is 2. The maximum absolute atomic E-state index is 14.5. The molecule has 0 saturated heterocycles. The standard InChI is InChI=1S/C20H19F2NS/c1-14-6-8-15(9-7-14)24-19(18-5-3-4-12-23-18)16-13-20(2,22)11-10-17(16)21/h3-10,12-13,19H,11H2,1-2H3. The van der Waals surface area contributed by atoms with Crippen molar-refractivity contribution in [3.05, 3.63) is 83.5 Å². The van der Waals surface area contributed by atoms with Crippen LogP contribution in [-0.2, 0) is 0 Å². The first kappa shape index (κ1) is 16.9. The van der Waals surface area contributed by atoms with Gasteiger partial charge in [-0.1, -0.05) is 23.8 Å². The number of benzene rings is 1. The van der Waals surface area contributed by atoms with Gasteiger partial charge in [0.2, 0.25) is 0 Å². The SMILES string of the molecule is Cc1ccc(SC(C2=CC(C)(F)CC=C2F)c2ccccn2)cc1. The summed E-state index contributed by atoms with van der Waals surface area (Å²) >= 11 is 1.48. The molecule has 2 unspecified atom stereocenters. The van der Waals surface area contributed by atoms with Crippen molar-refractivity contribution in [2.45, 2.75) is 36.1 Å². The molecule has 1 heterocycles. The fourth-order valence-electron chi connectivity index (χ4n) is 2.63. The van der Waals surface area contributed by atoms with E-state index in [1.807, 2.05) is 49.4 Å². The second kappa shape index (κ2) is 6.89. The molecule has 0 aliphatic heterocycles. The molecule has 24 heavy (non-hydrogen) atoms. The van der Waals surface area contributed by atoms with E-state index in [4.69, 9.17) is 0 Å². The molecule has 0 fully saturated rings. The summed E-state index contributed by atoms with van der Waals surface area (Å²) in [5.74, 6) is -0.361. The van der Waals surface area contributed by atoms with Crippen LogP contribution in [0.25, 0.3) is 0 Å². The highest BCUT2D eigenvalue weighted by molar-refractivity contribution is 7.99. The summed E-state index contributed by atoms with van der Waals surface area (Å²) in [6.07, 6.45) is 4.48. The van der Waals surface area contributed by atoms with Gasteiger partial charge < -0.3 is 0 Å². The number of nitrogens with zero attached hydrogens (tertiary/aromatic N) is 1. The van der Waals surface area contributed by atoms with Gasteiger partial charge in [0.05, 0.1) is 10.9 Å². The molecule has 0 amide bonds. The van der Waals surface area contributed by atoms with Gasteiger partial charge in [0.1, 0.15) is 11.5 Å². The molecule has 1 aromatic carbocycles. The molecule has 124 valence electrons. The van der Waals surface area contributed by atoms with Crippen LogP contribution in [0.3, 0.4) is 0 Å². The van der Waals surface area contributed by atoms with Gasteiger partial charge in [-0.25, -0.2) is 8.78 Å². The zero-order valence-corrected chi connectivity index (χ0v) is 14.5. The number of allylic oxidation sites excluding steroid dienone is 3. The highest BCUT2D eigenvalue weighted by Gasteiger charge is 2.31. The Balaban J connectivity index is 2.01. The van der Waals surface area contributed by atoms with Crippen molar-refractivity contribution in [2.75, 3.05) is 0 Å². The number of halogens is 2. The molecular formula is C20H19F2NS. The molecule has 2 atom stereocenters. The van der Waals surface area contributed by atoms with Crippen LogP contribution in [-0.4, -0.2) is 10.7 Å². The molecule has 4 heteroatoms. The molecular weight excluding hydrogens is 324 g/mol. The van der Waals surface area contributed by atoms with Gasteiger partial charge in [-0.15, -0.1) is 11.8 Å². The molecule has 1 aliphatic rings. The first-order valence-corrected chi connectivity index (χ1v) is 8.74. The Kier molecular flexibility index (Phi) is 4.86. The van der Waals surface area contributed by atoms with Crippen LogP contribution < -0.4 is 0 Å². The second-order valence-corrected chi connectivity index (χ2v) is 7.38. The number of thioether (sulfide) groups is 1. The van der Waals surface area contributed by atoms with Crippen LogP contribution >= 0.6 is 11.8 Å². The van der Waals surface area contributed by atoms with E-state index in [0.29, 0.717) is 5.57 Å². The molecule has 1 nitrogen and oxygen atoms in total. The monoisotopic (exact) mass is 343 g/mol. The summed E-state index contributed by atoms with van der Waals surface area (Å²) in [5, 5.41) is -0.388. The van der Waals surface area contributed by atoms with Crippen LogP contribution in [0.1, 0.15) is 29.9 Å². The highest BCUT2D eigenvalue weighted by atomic mass is 32.2. The number of alkyl halides is 1. The van der Waals surface area contributed by atoms with Crippen molar-refractivity contribution in [1.29, 1.82) is 0 Å². The third-order valence-electron chi connectivity index (χ3n) is 3.93. The number of aromatic nitrogens is 1. The Morgan fingerprint density at radius 1 is 1.17 bits per heavy atom. The van der Waals surface area contributed by atoms with E-state index in [1.54, 1.807) is 6.20 Å². The van der Waals surface area contributed by atoms with Gasteiger partial charge in [0.25, 0.3) is 0 Å². The first-order valence-electron chi connectivity index (χ1n) is 7.86. The Bertz CT molecular complexity index is 764. The summed E-state index contributed by atoms with van der Waals surface area (Å²) in [5.41, 5.74) is 0.699. The van der Waals surface area contributed by atoms with Crippen molar-refractivity contribution in [3.63, 3.8) is 0 Å². The Morgan fingerprint density at radius 3 is 2.58 bits per heavy atom. The third-order valence-corrected chi connectivity index (χ3v) is 5.20. The third kappa shape index (κ3) is 3.93. The minimum atomic E-state index is -1.54. The molecule has 0 saturated carbocycles. The van der Waals surface area contributed by atoms with Crippen LogP contribution in [0.5, 0.6) is 0 Å². The van der Waals surface area contributed by atoms with Gasteiger partial charge in [-0.2, -0.15) is 0 Å². The molecule has 0 spiro atoms. The van der Waals surface area contributed by atoms with E-state index < -0.39 is 5.67 Å². The Morgan fingerprint density at radius 2 is 1.92 bits per heavy atom. The lowest BCUT2D eigenvalue weighted by Crippen LogP contribution is -2.19. The number of aryl methyl sites for hydroxylation is 1. The summed E-state index contributed by atoms with van der Waals surface area (Å²) in [7, 11) is 0. The van der Waals surface area contributed by atoms with E-state index in [0.717, 1.165) is 16.2 Å². The molecule has 3 rings (SSSR count). The van der Waals surface area contributed by atoms with Crippen molar-refractivity contribution < 1.29 is 8.78 Å².